The van der Waals surface area contributed by atoms with Crippen molar-refractivity contribution in [3.63, 3.8) is 0 Å². The second kappa shape index (κ2) is 7.81. The van der Waals surface area contributed by atoms with E-state index in [-0.39, 0.29) is 0 Å². The standard InChI is InChI=1S/C16H29NO2Si/c1-7-14(4)20(18-5,19-6)16-12-10-15(11-13-16)17(8-2)9-3/h10-14H,7-9H2,1-6H3. The highest BCUT2D eigenvalue weighted by Crippen LogP contribution is 2.26. The fraction of sp³-hybridized carbons (Fsp3) is 0.625. The van der Waals surface area contributed by atoms with Crippen molar-refractivity contribution in [3.05, 3.63) is 24.3 Å². The lowest BCUT2D eigenvalue weighted by Crippen LogP contribution is -2.55. The largest absolute Gasteiger partial charge is 0.394 e. The Morgan fingerprint density at radius 1 is 1.00 bits per heavy atom. The van der Waals surface area contributed by atoms with E-state index in [4.69, 9.17) is 8.85 Å². The van der Waals surface area contributed by atoms with E-state index < -0.39 is 8.56 Å². The van der Waals surface area contributed by atoms with Crippen LogP contribution in [0.15, 0.2) is 24.3 Å². The minimum atomic E-state index is -2.32. The van der Waals surface area contributed by atoms with Crippen molar-refractivity contribution < 1.29 is 8.85 Å². The molecule has 0 aliphatic heterocycles. The summed E-state index contributed by atoms with van der Waals surface area (Å²) in [5.41, 5.74) is 1.69. The van der Waals surface area contributed by atoms with Gasteiger partial charge in [0.05, 0.1) is 0 Å². The summed E-state index contributed by atoms with van der Waals surface area (Å²) in [6, 6.07) is 8.73. The lowest BCUT2D eigenvalue weighted by Gasteiger charge is -2.33. The lowest BCUT2D eigenvalue weighted by atomic mass is 10.3. The third-order valence-electron chi connectivity index (χ3n) is 4.27. The number of anilines is 1. The first kappa shape index (κ1) is 17.2. The molecule has 0 saturated carbocycles. The molecule has 0 aromatic heterocycles. The molecule has 3 nitrogen and oxygen atoms in total. The Hall–Kier alpha value is -0.843. The van der Waals surface area contributed by atoms with Gasteiger partial charge in [0, 0.05) is 38.5 Å². The molecule has 0 fully saturated rings. The van der Waals surface area contributed by atoms with Gasteiger partial charge in [0.25, 0.3) is 0 Å². The third-order valence-corrected chi connectivity index (χ3v) is 8.32. The van der Waals surface area contributed by atoms with Crippen LogP contribution in [0.2, 0.25) is 5.54 Å². The van der Waals surface area contributed by atoms with Crippen LogP contribution in [0.5, 0.6) is 0 Å². The molecule has 1 aromatic rings. The second-order valence-corrected chi connectivity index (χ2v) is 8.82. The first-order valence-electron chi connectivity index (χ1n) is 7.55. The molecule has 114 valence electrons. The summed E-state index contributed by atoms with van der Waals surface area (Å²) < 4.78 is 11.8. The van der Waals surface area contributed by atoms with E-state index in [1.54, 1.807) is 14.2 Å². The molecule has 0 aliphatic rings. The predicted molar refractivity (Wildman–Crippen MR) is 89.1 cm³/mol. The maximum Gasteiger partial charge on any atom is 0.374 e. The summed E-state index contributed by atoms with van der Waals surface area (Å²) in [7, 11) is 1.24. The van der Waals surface area contributed by atoms with Crippen LogP contribution in [0.1, 0.15) is 34.1 Å². The molecule has 0 radical (unpaired) electrons. The Bertz CT molecular complexity index is 386. The van der Waals surface area contributed by atoms with Gasteiger partial charge in [-0.25, -0.2) is 0 Å². The lowest BCUT2D eigenvalue weighted by molar-refractivity contribution is 0.245. The Kier molecular flexibility index (Phi) is 6.72. The number of hydrogen-bond donors (Lipinski definition) is 0. The monoisotopic (exact) mass is 295 g/mol. The quantitative estimate of drug-likeness (QED) is 0.687. The van der Waals surface area contributed by atoms with Crippen LogP contribution < -0.4 is 10.1 Å². The second-order valence-electron chi connectivity index (χ2n) is 5.10. The fourth-order valence-electron chi connectivity index (χ4n) is 2.77. The van der Waals surface area contributed by atoms with Crippen LogP contribution in [0.4, 0.5) is 5.69 Å². The molecule has 0 N–H and O–H groups in total. The Balaban J connectivity index is 3.11. The number of hydrogen-bond acceptors (Lipinski definition) is 3. The maximum atomic E-state index is 5.88. The summed E-state index contributed by atoms with van der Waals surface area (Å²) in [4.78, 5) is 2.34. The van der Waals surface area contributed by atoms with E-state index >= 15 is 0 Å². The van der Waals surface area contributed by atoms with Crippen LogP contribution in [-0.4, -0.2) is 35.9 Å². The molecule has 20 heavy (non-hydrogen) atoms. The molecule has 4 heteroatoms. The molecule has 1 aromatic carbocycles. The van der Waals surface area contributed by atoms with Crippen molar-refractivity contribution in [2.75, 3.05) is 32.2 Å². The van der Waals surface area contributed by atoms with E-state index in [0.29, 0.717) is 5.54 Å². The van der Waals surface area contributed by atoms with E-state index in [1.165, 1.54) is 10.9 Å². The van der Waals surface area contributed by atoms with Gasteiger partial charge in [-0.3, -0.25) is 0 Å². The molecule has 0 bridgehead atoms. The van der Waals surface area contributed by atoms with Gasteiger partial charge >= 0.3 is 8.56 Å². The highest BCUT2D eigenvalue weighted by molar-refractivity contribution is 6.82. The Labute approximate surface area is 125 Å². The SMILES string of the molecule is CCC(C)[Si](OC)(OC)c1ccc(N(CC)CC)cc1. The number of nitrogens with zero attached hydrogens (tertiary/aromatic N) is 1. The highest BCUT2D eigenvalue weighted by Gasteiger charge is 2.43. The molecule has 0 amide bonds. The first-order chi connectivity index (χ1) is 9.59. The molecular weight excluding hydrogens is 266 g/mol. The molecule has 1 atom stereocenters. The van der Waals surface area contributed by atoms with Crippen molar-refractivity contribution >= 4 is 19.4 Å². The average Bonchev–Trinajstić information content (AvgIpc) is 2.51. The summed E-state index contributed by atoms with van der Waals surface area (Å²) in [6.45, 7) is 10.8. The van der Waals surface area contributed by atoms with Crippen LogP contribution in [0.25, 0.3) is 0 Å². The zero-order valence-corrected chi connectivity index (χ0v) is 14.8. The summed E-state index contributed by atoms with van der Waals surface area (Å²) in [5, 5.41) is 1.22. The fourth-order valence-corrected chi connectivity index (χ4v) is 5.95. The van der Waals surface area contributed by atoms with E-state index in [9.17, 15) is 0 Å². The van der Waals surface area contributed by atoms with Gasteiger partial charge in [0.1, 0.15) is 0 Å². The maximum absolute atomic E-state index is 5.88. The van der Waals surface area contributed by atoms with Gasteiger partial charge in [-0.15, -0.1) is 0 Å². The molecule has 0 spiro atoms. The van der Waals surface area contributed by atoms with Crippen molar-refractivity contribution in [3.8, 4) is 0 Å². The minimum absolute atomic E-state index is 0.428. The van der Waals surface area contributed by atoms with Gasteiger partial charge < -0.3 is 13.8 Å². The number of rotatable bonds is 8. The van der Waals surface area contributed by atoms with Crippen LogP contribution >= 0.6 is 0 Å². The van der Waals surface area contributed by atoms with Crippen molar-refractivity contribution in [1.82, 2.24) is 0 Å². The summed E-state index contributed by atoms with van der Waals surface area (Å²) in [5.74, 6) is 0. The Morgan fingerprint density at radius 2 is 1.50 bits per heavy atom. The van der Waals surface area contributed by atoms with Gasteiger partial charge in [0.2, 0.25) is 0 Å². The minimum Gasteiger partial charge on any atom is -0.394 e. The highest BCUT2D eigenvalue weighted by atomic mass is 28.4. The molecule has 0 saturated heterocycles. The molecular formula is C16H29NO2Si. The zero-order valence-electron chi connectivity index (χ0n) is 13.8. The summed E-state index contributed by atoms with van der Waals surface area (Å²) in [6.07, 6.45) is 1.06. The molecule has 1 rings (SSSR count). The van der Waals surface area contributed by atoms with E-state index in [0.717, 1.165) is 19.5 Å². The van der Waals surface area contributed by atoms with Crippen LogP contribution in [-0.2, 0) is 8.85 Å². The van der Waals surface area contributed by atoms with Crippen molar-refractivity contribution in [1.29, 1.82) is 0 Å². The van der Waals surface area contributed by atoms with Gasteiger partial charge in [-0.05, 0) is 31.2 Å². The van der Waals surface area contributed by atoms with Gasteiger partial charge in [-0.2, -0.15) is 0 Å². The van der Waals surface area contributed by atoms with Crippen molar-refractivity contribution in [2.24, 2.45) is 0 Å². The van der Waals surface area contributed by atoms with Gasteiger partial charge in [-0.1, -0.05) is 32.4 Å². The average molecular weight is 295 g/mol. The molecule has 1 unspecified atom stereocenters. The first-order valence-corrected chi connectivity index (χ1v) is 9.44. The summed E-state index contributed by atoms with van der Waals surface area (Å²) >= 11 is 0. The smallest absolute Gasteiger partial charge is 0.374 e. The predicted octanol–water partition coefficient (Wildman–Crippen LogP) is 3.27. The zero-order chi connectivity index (χ0) is 15.2. The van der Waals surface area contributed by atoms with Crippen LogP contribution in [0.3, 0.4) is 0 Å². The normalized spacial score (nSPS) is 13.3. The number of benzene rings is 1. The van der Waals surface area contributed by atoms with Crippen LogP contribution in [0, 0.1) is 0 Å². The molecule has 0 heterocycles. The van der Waals surface area contributed by atoms with E-state index in [2.05, 4.69) is 56.9 Å². The Morgan fingerprint density at radius 3 is 1.85 bits per heavy atom. The van der Waals surface area contributed by atoms with Crippen molar-refractivity contribution in [2.45, 2.75) is 39.7 Å². The third kappa shape index (κ3) is 3.24. The topological polar surface area (TPSA) is 21.7 Å². The molecule has 0 aliphatic carbocycles. The van der Waals surface area contributed by atoms with Gasteiger partial charge in [0.15, 0.2) is 0 Å². The van der Waals surface area contributed by atoms with E-state index in [1.807, 2.05) is 0 Å².